The number of carbonyl (C=O) groups is 1. The molecule has 3 heteroatoms. The maximum atomic E-state index is 12.5. The minimum atomic E-state index is 0.216. The fraction of sp³-hybridized carbons (Fsp3) is 0.929. The third kappa shape index (κ3) is 3.98. The topological polar surface area (TPSA) is 46.3 Å². The molecule has 100 valence electrons. The number of rotatable bonds is 7. The van der Waals surface area contributed by atoms with Gasteiger partial charge in [0.1, 0.15) is 0 Å². The van der Waals surface area contributed by atoms with Gasteiger partial charge in [0.25, 0.3) is 0 Å². The van der Waals surface area contributed by atoms with Gasteiger partial charge in [0.05, 0.1) is 0 Å². The average molecular weight is 240 g/mol. The summed E-state index contributed by atoms with van der Waals surface area (Å²) >= 11 is 0. The van der Waals surface area contributed by atoms with Gasteiger partial charge in [-0.25, -0.2) is 0 Å². The maximum Gasteiger partial charge on any atom is 0.225 e. The van der Waals surface area contributed by atoms with E-state index in [1.54, 1.807) is 0 Å². The van der Waals surface area contributed by atoms with Crippen molar-refractivity contribution in [2.24, 2.45) is 11.7 Å². The van der Waals surface area contributed by atoms with Crippen LogP contribution in [0, 0.1) is 5.92 Å². The smallest absolute Gasteiger partial charge is 0.225 e. The van der Waals surface area contributed by atoms with E-state index in [4.69, 9.17) is 5.73 Å². The molecule has 1 rings (SSSR count). The highest BCUT2D eigenvalue weighted by atomic mass is 16.2. The molecule has 1 saturated carbocycles. The standard InChI is InChI=1S/C14H28N2O/c1-3-12(4-2)14(17)16(11-7-10-15)13-8-5-6-9-13/h12-13H,3-11,15H2,1-2H3. The molecule has 1 amide bonds. The fourth-order valence-corrected chi connectivity index (χ4v) is 2.82. The highest BCUT2D eigenvalue weighted by Gasteiger charge is 2.29. The monoisotopic (exact) mass is 240 g/mol. The molecule has 1 aliphatic carbocycles. The van der Waals surface area contributed by atoms with E-state index in [2.05, 4.69) is 18.7 Å². The second-order valence-electron chi connectivity index (χ2n) is 5.13. The Labute approximate surface area is 106 Å². The van der Waals surface area contributed by atoms with Gasteiger partial charge in [-0.15, -0.1) is 0 Å². The molecule has 0 unspecified atom stereocenters. The molecule has 0 aromatic rings. The lowest BCUT2D eigenvalue weighted by molar-refractivity contribution is -0.138. The van der Waals surface area contributed by atoms with Crippen LogP contribution >= 0.6 is 0 Å². The Morgan fingerprint density at radius 1 is 1.29 bits per heavy atom. The molecule has 17 heavy (non-hydrogen) atoms. The van der Waals surface area contributed by atoms with Crippen LogP contribution in [0.3, 0.4) is 0 Å². The van der Waals surface area contributed by atoms with Gasteiger partial charge in [-0.1, -0.05) is 26.7 Å². The number of hydrogen-bond donors (Lipinski definition) is 1. The van der Waals surface area contributed by atoms with Crippen LogP contribution in [0.4, 0.5) is 0 Å². The Morgan fingerprint density at radius 2 is 1.88 bits per heavy atom. The Hall–Kier alpha value is -0.570. The van der Waals surface area contributed by atoms with Crippen molar-refractivity contribution in [1.82, 2.24) is 4.90 Å². The molecule has 2 N–H and O–H groups in total. The van der Waals surface area contributed by atoms with Crippen LogP contribution in [0.15, 0.2) is 0 Å². The predicted molar refractivity (Wildman–Crippen MR) is 71.7 cm³/mol. The van der Waals surface area contributed by atoms with Gasteiger partial charge < -0.3 is 10.6 Å². The van der Waals surface area contributed by atoms with Crippen LogP contribution in [0.1, 0.15) is 58.8 Å². The summed E-state index contributed by atoms with van der Waals surface area (Å²) < 4.78 is 0. The van der Waals surface area contributed by atoms with Gasteiger partial charge in [-0.2, -0.15) is 0 Å². The van der Waals surface area contributed by atoms with Crippen LogP contribution < -0.4 is 5.73 Å². The summed E-state index contributed by atoms with van der Waals surface area (Å²) in [6, 6.07) is 0.495. The van der Waals surface area contributed by atoms with Gasteiger partial charge in [-0.05, 0) is 38.6 Å². The quantitative estimate of drug-likeness (QED) is 0.743. The summed E-state index contributed by atoms with van der Waals surface area (Å²) in [7, 11) is 0. The fourth-order valence-electron chi connectivity index (χ4n) is 2.82. The van der Waals surface area contributed by atoms with E-state index in [9.17, 15) is 4.79 Å². The summed E-state index contributed by atoms with van der Waals surface area (Å²) in [4.78, 5) is 14.6. The minimum absolute atomic E-state index is 0.216. The lowest BCUT2D eigenvalue weighted by Crippen LogP contribution is -2.43. The number of hydrogen-bond acceptors (Lipinski definition) is 2. The van der Waals surface area contributed by atoms with E-state index < -0.39 is 0 Å². The molecule has 0 heterocycles. The van der Waals surface area contributed by atoms with Crippen molar-refractivity contribution in [1.29, 1.82) is 0 Å². The largest absolute Gasteiger partial charge is 0.339 e. The van der Waals surface area contributed by atoms with Gasteiger partial charge in [-0.3, -0.25) is 4.79 Å². The first kappa shape index (κ1) is 14.5. The molecule has 3 nitrogen and oxygen atoms in total. The zero-order valence-electron chi connectivity index (χ0n) is 11.5. The van der Waals surface area contributed by atoms with E-state index >= 15 is 0 Å². The summed E-state index contributed by atoms with van der Waals surface area (Å²) in [5.41, 5.74) is 5.58. The first-order valence-electron chi connectivity index (χ1n) is 7.25. The summed E-state index contributed by atoms with van der Waals surface area (Å²) in [6.45, 7) is 5.76. The van der Waals surface area contributed by atoms with Gasteiger partial charge in [0.15, 0.2) is 0 Å². The maximum absolute atomic E-state index is 12.5. The van der Waals surface area contributed by atoms with E-state index in [1.807, 2.05) is 0 Å². The normalized spacial score (nSPS) is 16.7. The molecule has 1 aliphatic rings. The van der Waals surface area contributed by atoms with Crippen molar-refractivity contribution in [3.8, 4) is 0 Å². The van der Waals surface area contributed by atoms with Crippen molar-refractivity contribution in [2.45, 2.75) is 64.8 Å². The number of carbonyl (C=O) groups excluding carboxylic acids is 1. The van der Waals surface area contributed by atoms with E-state index in [0.29, 0.717) is 18.5 Å². The van der Waals surface area contributed by atoms with Crippen LogP contribution in [-0.4, -0.2) is 29.9 Å². The van der Waals surface area contributed by atoms with E-state index in [-0.39, 0.29) is 5.92 Å². The second-order valence-corrected chi connectivity index (χ2v) is 5.13. The van der Waals surface area contributed by atoms with Crippen LogP contribution in [-0.2, 0) is 4.79 Å². The molecular formula is C14H28N2O. The molecule has 0 aromatic carbocycles. The zero-order chi connectivity index (χ0) is 12.7. The summed E-state index contributed by atoms with van der Waals surface area (Å²) in [5, 5.41) is 0. The Bertz CT molecular complexity index is 220. The van der Waals surface area contributed by atoms with Crippen LogP contribution in [0.2, 0.25) is 0 Å². The number of nitrogens with two attached hydrogens (primary N) is 1. The highest BCUT2D eigenvalue weighted by molar-refractivity contribution is 5.79. The summed E-state index contributed by atoms with van der Waals surface area (Å²) in [6.07, 6.45) is 7.79. The lowest BCUT2D eigenvalue weighted by atomic mass is 10.00. The number of nitrogens with zero attached hydrogens (tertiary/aromatic N) is 1. The molecule has 1 fully saturated rings. The van der Waals surface area contributed by atoms with E-state index in [0.717, 1.165) is 25.8 Å². The molecule has 0 atom stereocenters. The van der Waals surface area contributed by atoms with Crippen molar-refractivity contribution in [3.63, 3.8) is 0 Å². The predicted octanol–water partition coefficient (Wildman–Crippen LogP) is 2.54. The number of amides is 1. The highest BCUT2D eigenvalue weighted by Crippen LogP contribution is 2.26. The first-order valence-corrected chi connectivity index (χ1v) is 7.25. The van der Waals surface area contributed by atoms with Crippen molar-refractivity contribution in [3.05, 3.63) is 0 Å². The Kier molecular flexibility index (Phi) is 6.56. The molecule has 0 aliphatic heterocycles. The third-order valence-electron chi connectivity index (χ3n) is 3.99. The molecule has 0 radical (unpaired) electrons. The zero-order valence-corrected chi connectivity index (χ0v) is 11.5. The third-order valence-corrected chi connectivity index (χ3v) is 3.99. The molecular weight excluding hydrogens is 212 g/mol. The van der Waals surface area contributed by atoms with Crippen molar-refractivity contribution >= 4 is 5.91 Å². The molecule has 0 bridgehead atoms. The Morgan fingerprint density at radius 3 is 2.35 bits per heavy atom. The second kappa shape index (κ2) is 7.70. The van der Waals surface area contributed by atoms with Crippen molar-refractivity contribution < 1.29 is 4.79 Å². The first-order chi connectivity index (χ1) is 8.24. The van der Waals surface area contributed by atoms with Crippen LogP contribution in [0.25, 0.3) is 0 Å². The lowest BCUT2D eigenvalue weighted by Gasteiger charge is -2.32. The molecule has 0 aromatic heterocycles. The average Bonchev–Trinajstić information content (AvgIpc) is 2.85. The SMILES string of the molecule is CCC(CC)C(=O)N(CCCN)C1CCCC1. The van der Waals surface area contributed by atoms with Gasteiger partial charge in [0, 0.05) is 18.5 Å². The molecule has 0 saturated heterocycles. The molecule has 0 spiro atoms. The van der Waals surface area contributed by atoms with Crippen molar-refractivity contribution in [2.75, 3.05) is 13.1 Å². The minimum Gasteiger partial charge on any atom is -0.339 e. The van der Waals surface area contributed by atoms with Gasteiger partial charge in [0.2, 0.25) is 5.91 Å². The summed E-state index contributed by atoms with van der Waals surface area (Å²) in [5.74, 6) is 0.587. The Balaban J connectivity index is 2.63. The van der Waals surface area contributed by atoms with Crippen LogP contribution in [0.5, 0.6) is 0 Å². The van der Waals surface area contributed by atoms with Gasteiger partial charge >= 0.3 is 0 Å². The van der Waals surface area contributed by atoms with E-state index in [1.165, 1.54) is 25.7 Å².